The van der Waals surface area contributed by atoms with E-state index in [2.05, 4.69) is 24.0 Å². The minimum Gasteiger partial charge on any atom is -0.399 e. The molecule has 0 bridgehead atoms. The van der Waals surface area contributed by atoms with E-state index >= 15 is 0 Å². The second kappa shape index (κ2) is 5.70. The van der Waals surface area contributed by atoms with Gasteiger partial charge < -0.3 is 16.7 Å². The molecule has 1 aliphatic heterocycles. The molecule has 2 heterocycles. The van der Waals surface area contributed by atoms with E-state index in [0.717, 1.165) is 33.1 Å². The van der Waals surface area contributed by atoms with Gasteiger partial charge in [-0.25, -0.2) is 0 Å². The fraction of sp³-hybridized carbons (Fsp3) is 0.500. The molecule has 1 fully saturated rings. The van der Waals surface area contributed by atoms with Crippen LogP contribution in [0.25, 0.3) is 10.9 Å². The molecular formula is C18H24N4OS. The predicted octanol–water partition coefficient (Wildman–Crippen LogP) is 2.62. The second-order valence-electron chi connectivity index (χ2n) is 7.26. The van der Waals surface area contributed by atoms with Crippen molar-refractivity contribution in [2.24, 2.45) is 4.99 Å². The van der Waals surface area contributed by atoms with E-state index in [1.165, 1.54) is 31.2 Å². The number of benzene rings is 1. The van der Waals surface area contributed by atoms with Crippen molar-refractivity contribution < 1.29 is 5.11 Å². The number of fused-ring (bicyclic) bond motifs is 1. The number of nitrogen functional groups attached to an aromatic ring is 2. The molecule has 1 aromatic heterocycles. The Hall–Kier alpha value is -1.66. The zero-order chi connectivity index (χ0) is 16.9. The maximum atomic E-state index is 9.32. The number of nitrogens with two attached hydrogens (primary N) is 2. The zero-order valence-corrected chi connectivity index (χ0v) is 14.8. The van der Waals surface area contributed by atoms with Crippen molar-refractivity contribution in [2.75, 3.05) is 23.9 Å². The van der Waals surface area contributed by atoms with E-state index in [9.17, 15) is 5.11 Å². The third-order valence-electron chi connectivity index (χ3n) is 5.45. The Bertz CT molecular complexity index is 820. The van der Waals surface area contributed by atoms with Crippen LogP contribution in [0.3, 0.4) is 0 Å². The van der Waals surface area contributed by atoms with Crippen LogP contribution in [-0.2, 0) is 5.41 Å². The summed E-state index contributed by atoms with van der Waals surface area (Å²) in [6.07, 6.45) is 4.86. The predicted molar refractivity (Wildman–Crippen MR) is 102 cm³/mol. The van der Waals surface area contributed by atoms with Gasteiger partial charge in [-0.3, -0.25) is 9.67 Å². The van der Waals surface area contributed by atoms with Crippen molar-refractivity contribution in [1.82, 2.24) is 4.68 Å². The summed E-state index contributed by atoms with van der Waals surface area (Å²) in [7, 11) is 0. The Morgan fingerprint density at radius 1 is 1.33 bits per heavy atom. The van der Waals surface area contributed by atoms with E-state index in [4.69, 9.17) is 11.6 Å². The summed E-state index contributed by atoms with van der Waals surface area (Å²) in [6.45, 7) is 2.40. The lowest BCUT2D eigenvalue weighted by Crippen LogP contribution is -2.22. The number of nitrogens with zero attached hydrogens (tertiary/aromatic N) is 2. The Morgan fingerprint density at radius 2 is 2.08 bits per heavy atom. The van der Waals surface area contributed by atoms with Crippen LogP contribution in [-0.4, -0.2) is 33.2 Å². The summed E-state index contributed by atoms with van der Waals surface area (Å²) in [5.41, 5.74) is 10.4. The molecule has 0 radical (unpaired) electrons. The van der Waals surface area contributed by atoms with Gasteiger partial charge in [0, 0.05) is 16.8 Å². The average molecular weight is 344 g/mol. The van der Waals surface area contributed by atoms with Crippen molar-refractivity contribution in [3.63, 3.8) is 0 Å². The molecule has 1 aliphatic carbocycles. The summed E-state index contributed by atoms with van der Waals surface area (Å²) in [5, 5.41) is 11.3. The molecule has 1 atom stereocenters. The van der Waals surface area contributed by atoms with Crippen molar-refractivity contribution in [3.8, 4) is 0 Å². The highest BCUT2D eigenvalue weighted by atomic mass is 32.2. The number of hydrogen-bond donors (Lipinski definition) is 3. The van der Waals surface area contributed by atoms with Gasteiger partial charge in [0.2, 0.25) is 0 Å². The summed E-state index contributed by atoms with van der Waals surface area (Å²) in [6, 6.07) is 6.15. The van der Waals surface area contributed by atoms with Crippen LogP contribution in [0, 0.1) is 0 Å². The second-order valence-corrected chi connectivity index (χ2v) is 8.26. The Morgan fingerprint density at radius 3 is 2.75 bits per heavy atom. The maximum absolute atomic E-state index is 9.32. The van der Waals surface area contributed by atoms with Gasteiger partial charge in [-0.1, -0.05) is 19.8 Å². The molecule has 24 heavy (non-hydrogen) atoms. The minimum atomic E-state index is -0.0279. The Kier molecular flexibility index (Phi) is 3.77. The normalized spacial score (nSPS) is 23.1. The lowest BCUT2D eigenvalue weighted by Gasteiger charge is -2.26. The first kappa shape index (κ1) is 15.8. The highest BCUT2D eigenvalue weighted by molar-refractivity contribution is 8.14. The maximum Gasteiger partial charge on any atom is 0.117 e. The molecule has 5 N–H and O–H groups in total. The molecule has 1 saturated carbocycles. The molecule has 128 valence electrons. The van der Waals surface area contributed by atoms with Crippen molar-refractivity contribution in [3.05, 3.63) is 29.5 Å². The monoisotopic (exact) mass is 344 g/mol. The van der Waals surface area contributed by atoms with Gasteiger partial charge in [0.25, 0.3) is 0 Å². The molecule has 0 saturated heterocycles. The van der Waals surface area contributed by atoms with Crippen LogP contribution in [0.2, 0.25) is 0 Å². The fourth-order valence-corrected chi connectivity index (χ4v) is 5.15. The molecule has 6 heteroatoms. The van der Waals surface area contributed by atoms with Crippen molar-refractivity contribution in [2.45, 2.75) is 44.1 Å². The molecule has 0 spiro atoms. The first-order valence-electron chi connectivity index (χ1n) is 8.54. The largest absolute Gasteiger partial charge is 0.399 e. The van der Waals surface area contributed by atoms with Crippen molar-refractivity contribution in [1.29, 1.82) is 0 Å². The number of aliphatic hydroxyl groups excluding tert-OH is 1. The highest BCUT2D eigenvalue weighted by Crippen LogP contribution is 2.44. The smallest absolute Gasteiger partial charge is 0.117 e. The highest BCUT2D eigenvalue weighted by Gasteiger charge is 2.34. The van der Waals surface area contributed by atoms with E-state index < -0.39 is 0 Å². The van der Waals surface area contributed by atoms with Crippen LogP contribution in [0.1, 0.15) is 43.9 Å². The molecular weight excluding hydrogens is 320 g/mol. The molecule has 4 rings (SSSR count). The average Bonchev–Trinajstić information content (AvgIpc) is 3.26. The van der Waals surface area contributed by atoms with Gasteiger partial charge in [-0.15, -0.1) is 11.8 Å². The standard InChI is InChI=1S/C18H24N4OS/c1-18(4-2-3-5-18)14-8-12(19)6-11-7-15(22(20)16(11)14)17-21-13(9-23)10-24-17/h6-8,13,23H,2-5,9-10,19-20H2,1H3. The summed E-state index contributed by atoms with van der Waals surface area (Å²) >= 11 is 1.66. The molecule has 5 nitrogen and oxygen atoms in total. The SMILES string of the molecule is CC1(c2cc(N)cc3cc(C4=NC(CO)CS4)n(N)c23)CCCC1. The van der Waals surface area contributed by atoms with E-state index in [-0.39, 0.29) is 18.1 Å². The fourth-order valence-electron chi connectivity index (χ4n) is 4.09. The van der Waals surface area contributed by atoms with Crippen LogP contribution < -0.4 is 11.6 Å². The minimum absolute atomic E-state index is 0.0279. The lowest BCUT2D eigenvalue weighted by atomic mass is 9.80. The third-order valence-corrected chi connectivity index (χ3v) is 6.59. The number of anilines is 1. The molecule has 1 unspecified atom stereocenters. The van der Waals surface area contributed by atoms with Crippen LogP contribution in [0.5, 0.6) is 0 Å². The van der Waals surface area contributed by atoms with E-state index in [0.29, 0.717) is 0 Å². The van der Waals surface area contributed by atoms with Gasteiger partial charge in [0.1, 0.15) is 5.04 Å². The summed E-state index contributed by atoms with van der Waals surface area (Å²) in [5.74, 6) is 7.31. The van der Waals surface area contributed by atoms with Crippen molar-refractivity contribution >= 4 is 33.4 Å². The molecule has 2 aromatic rings. The van der Waals surface area contributed by atoms with Gasteiger partial charge >= 0.3 is 0 Å². The van der Waals surface area contributed by atoms with E-state index in [1.807, 2.05) is 6.07 Å². The quantitative estimate of drug-likeness (QED) is 0.590. The first-order chi connectivity index (χ1) is 11.5. The number of aliphatic hydroxyl groups is 1. The third kappa shape index (κ3) is 2.40. The van der Waals surface area contributed by atoms with Gasteiger partial charge in [-0.2, -0.15) is 0 Å². The van der Waals surface area contributed by atoms with Crippen LogP contribution in [0.15, 0.2) is 23.2 Å². The van der Waals surface area contributed by atoms with Crippen LogP contribution >= 0.6 is 11.8 Å². The lowest BCUT2D eigenvalue weighted by molar-refractivity contribution is 0.277. The van der Waals surface area contributed by atoms with Gasteiger partial charge in [0.15, 0.2) is 0 Å². The topological polar surface area (TPSA) is 89.6 Å². The Labute approximate surface area is 146 Å². The molecule has 2 aliphatic rings. The number of thioether (sulfide) groups is 1. The number of rotatable bonds is 3. The number of aliphatic imine (C=N–C) groups is 1. The Balaban J connectivity index is 1.90. The molecule has 1 aromatic carbocycles. The first-order valence-corrected chi connectivity index (χ1v) is 9.53. The zero-order valence-electron chi connectivity index (χ0n) is 14.0. The number of hydrogen-bond acceptors (Lipinski definition) is 5. The van der Waals surface area contributed by atoms with E-state index in [1.54, 1.807) is 16.4 Å². The molecule has 0 amide bonds. The van der Waals surface area contributed by atoms with Gasteiger partial charge in [-0.05, 0) is 42.0 Å². The summed E-state index contributed by atoms with van der Waals surface area (Å²) in [4.78, 5) is 4.60. The van der Waals surface area contributed by atoms with Crippen LogP contribution in [0.4, 0.5) is 5.69 Å². The summed E-state index contributed by atoms with van der Waals surface area (Å²) < 4.78 is 1.78. The number of aromatic nitrogens is 1. The van der Waals surface area contributed by atoms with Gasteiger partial charge in [0.05, 0.1) is 23.9 Å².